The first-order chi connectivity index (χ1) is 21.7. The summed E-state index contributed by atoms with van der Waals surface area (Å²) in [6, 6.07) is 64.7. The molecule has 0 fully saturated rings. The van der Waals surface area contributed by atoms with E-state index in [1.807, 2.05) is 0 Å². The fourth-order valence-electron chi connectivity index (χ4n) is 4.36. The molecule has 0 saturated carbocycles. The van der Waals surface area contributed by atoms with E-state index in [2.05, 4.69) is 195 Å². The largest absolute Gasteiger partial charge is 0.0622 e. The molecule has 6 aromatic rings. The van der Waals surface area contributed by atoms with Gasteiger partial charge in [-0.2, -0.15) is 0 Å². The number of allylic oxidation sites excluding steroid dienone is 1. The normalized spacial score (nSPS) is 9.93. The molecule has 0 N–H and O–H groups in total. The topological polar surface area (TPSA) is 0 Å². The third-order valence-electron chi connectivity index (χ3n) is 6.09. The molecule has 0 aliphatic carbocycles. The van der Waals surface area contributed by atoms with Crippen molar-refractivity contribution >= 4 is 67.1 Å². The van der Waals surface area contributed by atoms with E-state index in [1.54, 1.807) is 0 Å². The van der Waals surface area contributed by atoms with Crippen molar-refractivity contribution in [2.24, 2.45) is 0 Å². The molecule has 0 bridgehead atoms. The third kappa shape index (κ3) is 11.9. The van der Waals surface area contributed by atoms with Crippen LogP contribution >= 0.6 is 35.2 Å². The minimum Gasteiger partial charge on any atom is -0.0622 e. The Hall–Kier alpha value is -2.88. The van der Waals surface area contributed by atoms with E-state index in [4.69, 9.17) is 19.4 Å². The van der Waals surface area contributed by atoms with Gasteiger partial charge in [0.1, 0.15) is 0 Å². The molecule has 0 aliphatic heterocycles. The molecule has 1 radical (unpaired) electrons. The van der Waals surface area contributed by atoms with E-state index in [-0.39, 0.29) is 15.1 Å². The molecule has 0 nitrogen and oxygen atoms in total. The molecule has 5 heteroatoms. The van der Waals surface area contributed by atoms with E-state index < -0.39 is 15.8 Å². The maximum absolute atomic E-state index is 4.83. The Morgan fingerprint density at radius 3 is 0.591 bits per heavy atom. The molecular formula is C39H35Cl2P2Rh. The molecule has 0 spiro atoms. The standard InChI is InChI=1S/2C18H15P.C3H5.2ClH.Rh/c2*1-4-10-16(11-5-1)19(17-12-6-2-7-13-17)18-14-8-3-9-15-18;1-3-2;;;/h2*1-15H;3H,1-2H2;2*1H;/q;;;;;+2/p-2. The van der Waals surface area contributed by atoms with Crippen molar-refractivity contribution in [3.05, 3.63) is 202 Å². The zero-order valence-corrected chi connectivity index (χ0v) is 29.2. The van der Waals surface area contributed by atoms with Crippen LogP contribution < -0.4 is 31.8 Å². The van der Waals surface area contributed by atoms with Gasteiger partial charge in [0, 0.05) is 0 Å². The van der Waals surface area contributed by atoms with Crippen molar-refractivity contribution in [3.8, 4) is 0 Å². The van der Waals surface area contributed by atoms with Crippen molar-refractivity contribution in [2.45, 2.75) is 0 Å². The Kier molecular flexibility index (Phi) is 17.6. The van der Waals surface area contributed by atoms with E-state index in [9.17, 15) is 0 Å². The van der Waals surface area contributed by atoms with Crippen LogP contribution in [0.25, 0.3) is 0 Å². The van der Waals surface area contributed by atoms with Crippen molar-refractivity contribution < 1.29 is 15.1 Å². The summed E-state index contributed by atoms with van der Waals surface area (Å²) >= 11 is -0.226. The second-order valence-corrected chi connectivity index (χ2v) is 15.9. The molecule has 0 unspecified atom stereocenters. The maximum atomic E-state index is 4.83. The van der Waals surface area contributed by atoms with E-state index in [0.29, 0.717) is 0 Å². The molecule has 6 rings (SSSR count). The predicted molar refractivity (Wildman–Crippen MR) is 198 cm³/mol. The first-order valence-electron chi connectivity index (χ1n) is 13.9. The number of halogens is 2. The van der Waals surface area contributed by atoms with Crippen LogP contribution in [0, 0.1) is 6.92 Å². The van der Waals surface area contributed by atoms with Crippen LogP contribution in [0.4, 0.5) is 0 Å². The third-order valence-corrected chi connectivity index (χ3v) is 11.0. The van der Waals surface area contributed by atoms with Crippen LogP contribution in [-0.4, -0.2) is 0 Å². The van der Waals surface area contributed by atoms with E-state index in [1.165, 1.54) is 37.9 Å². The van der Waals surface area contributed by atoms with Gasteiger partial charge in [0.05, 0.1) is 0 Å². The van der Waals surface area contributed by atoms with Crippen molar-refractivity contribution in [1.29, 1.82) is 0 Å². The van der Waals surface area contributed by atoms with Crippen molar-refractivity contribution in [3.63, 3.8) is 0 Å². The van der Waals surface area contributed by atoms with E-state index in [0.717, 1.165) is 0 Å². The summed E-state index contributed by atoms with van der Waals surface area (Å²) in [4.78, 5) is 0. The molecule has 0 heterocycles. The van der Waals surface area contributed by atoms with Gasteiger partial charge in [-0.3, -0.25) is 0 Å². The summed E-state index contributed by atoms with van der Waals surface area (Å²) in [6.45, 7) is 6.50. The van der Waals surface area contributed by atoms with Crippen LogP contribution in [0.15, 0.2) is 195 Å². The van der Waals surface area contributed by atoms with Crippen molar-refractivity contribution in [2.75, 3.05) is 0 Å². The van der Waals surface area contributed by atoms with Crippen molar-refractivity contribution in [1.82, 2.24) is 0 Å². The summed E-state index contributed by atoms with van der Waals surface area (Å²) in [5.74, 6) is 0. The van der Waals surface area contributed by atoms with Crippen LogP contribution in [-0.2, 0) is 15.1 Å². The fraction of sp³-hybridized carbons (Fsp3) is 0. The average molecular weight is 739 g/mol. The van der Waals surface area contributed by atoms with Crippen LogP contribution in [0.5, 0.6) is 0 Å². The number of hydrogen-bond donors (Lipinski definition) is 0. The Morgan fingerprint density at radius 2 is 0.477 bits per heavy atom. The quantitative estimate of drug-likeness (QED) is 0.118. The molecular weight excluding hydrogens is 704 g/mol. The summed E-state index contributed by atoms with van der Waals surface area (Å²) in [6.07, 6.45) is 1.50. The maximum Gasteiger partial charge on any atom is -0.0134 e. The first-order valence-corrected chi connectivity index (χ1v) is 20.8. The molecule has 224 valence electrons. The Labute approximate surface area is 282 Å². The monoisotopic (exact) mass is 738 g/mol. The molecule has 44 heavy (non-hydrogen) atoms. The summed E-state index contributed by atoms with van der Waals surface area (Å²) in [5.41, 5.74) is 0. The number of benzene rings is 6. The molecule has 0 saturated heterocycles. The van der Waals surface area contributed by atoms with E-state index >= 15 is 0 Å². The van der Waals surface area contributed by atoms with Gasteiger partial charge in [-0.1, -0.05) is 188 Å². The van der Waals surface area contributed by atoms with Gasteiger partial charge in [-0.25, -0.2) is 0 Å². The fourth-order valence-corrected chi connectivity index (χ4v) is 8.97. The minimum atomic E-state index is -0.446. The SMILES string of the molecule is [CH2]C=C.[Cl][Rh][Cl].c1ccc(P(c2ccccc2)c2ccccc2)cc1.c1ccc(P(c2ccccc2)c2ccccc2)cc1. The average Bonchev–Trinajstić information content (AvgIpc) is 3.09. The van der Waals surface area contributed by atoms with Crippen LogP contribution in [0.1, 0.15) is 0 Å². The molecule has 0 aliphatic rings. The van der Waals surface area contributed by atoms with Gasteiger partial charge in [0.15, 0.2) is 0 Å². The number of rotatable bonds is 6. The van der Waals surface area contributed by atoms with Crippen LogP contribution in [0.3, 0.4) is 0 Å². The second kappa shape index (κ2) is 21.8. The summed E-state index contributed by atoms with van der Waals surface area (Å²) in [7, 11) is 8.78. The van der Waals surface area contributed by atoms with Gasteiger partial charge in [0.2, 0.25) is 0 Å². The zero-order valence-electron chi connectivity index (χ0n) is 24.3. The van der Waals surface area contributed by atoms with Gasteiger partial charge in [-0.15, -0.1) is 6.58 Å². The first kappa shape index (κ1) is 35.6. The smallest absolute Gasteiger partial charge is 0.0134 e. The molecule has 0 atom stereocenters. The summed E-state index contributed by atoms with van der Waals surface area (Å²) < 4.78 is 0. The van der Waals surface area contributed by atoms with Gasteiger partial charge < -0.3 is 0 Å². The predicted octanol–water partition coefficient (Wildman–Crippen LogP) is 9.27. The Bertz CT molecular complexity index is 1250. The molecule has 0 amide bonds. The molecule has 6 aromatic carbocycles. The minimum absolute atomic E-state index is 0.226. The van der Waals surface area contributed by atoms with Gasteiger partial charge in [-0.05, 0) is 54.6 Å². The van der Waals surface area contributed by atoms with Gasteiger partial charge >= 0.3 is 34.5 Å². The zero-order chi connectivity index (χ0) is 31.2. The number of hydrogen-bond acceptors (Lipinski definition) is 0. The van der Waals surface area contributed by atoms with Gasteiger partial charge in [0.25, 0.3) is 0 Å². The summed E-state index contributed by atoms with van der Waals surface area (Å²) in [5, 5.41) is 8.39. The Balaban J connectivity index is 0.000000204. The van der Waals surface area contributed by atoms with Crippen LogP contribution in [0.2, 0.25) is 0 Å². The Morgan fingerprint density at radius 1 is 0.364 bits per heavy atom. The molecule has 0 aromatic heterocycles. The second-order valence-electron chi connectivity index (χ2n) is 9.02.